The van der Waals surface area contributed by atoms with Crippen LogP contribution in [-0.2, 0) is 0 Å². The van der Waals surface area contributed by atoms with Crippen molar-refractivity contribution >= 4 is 23.2 Å². The van der Waals surface area contributed by atoms with Crippen LogP contribution in [0.3, 0.4) is 0 Å². The Morgan fingerprint density at radius 1 is 0.920 bits per heavy atom. The van der Waals surface area contributed by atoms with Crippen molar-refractivity contribution in [3.63, 3.8) is 0 Å². The lowest BCUT2D eigenvalue weighted by molar-refractivity contribution is 0.0537. The smallest absolute Gasteiger partial charge is 0.264 e. The van der Waals surface area contributed by atoms with Gasteiger partial charge in [0.25, 0.3) is 11.8 Å². The van der Waals surface area contributed by atoms with Crippen molar-refractivity contribution in [1.82, 2.24) is 9.80 Å². The topological polar surface area (TPSA) is 40.6 Å². The quantitative estimate of drug-likeness (QED) is 0.840. The highest BCUT2D eigenvalue weighted by molar-refractivity contribution is 7.12. The van der Waals surface area contributed by atoms with Crippen LogP contribution in [0.4, 0.5) is 0 Å². The molecule has 5 heteroatoms. The molecule has 1 aromatic carbocycles. The van der Waals surface area contributed by atoms with Crippen LogP contribution in [0, 0.1) is 6.92 Å². The fraction of sp³-hybridized carbons (Fsp3) is 0.400. The second kappa shape index (κ2) is 7.40. The first-order chi connectivity index (χ1) is 12.0. The number of rotatable bonds is 3. The second-order valence-corrected chi connectivity index (χ2v) is 7.71. The molecule has 1 fully saturated rings. The van der Waals surface area contributed by atoms with E-state index in [4.69, 9.17) is 0 Å². The van der Waals surface area contributed by atoms with E-state index >= 15 is 0 Å². The molecule has 132 valence electrons. The Hall–Kier alpha value is -2.14. The Morgan fingerprint density at radius 2 is 1.48 bits per heavy atom. The van der Waals surface area contributed by atoms with Crippen LogP contribution in [0.15, 0.2) is 35.7 Å². The number of hydrogen-bond acceptors (Lipinski definition) is 3. The summed E-state index contributed by atoms with van der Waals surface area (Å²) in [5, 5.41) is 1.95. The normalized spacial score (nSPS) is 14.9. The number of carbonyl (C=O) groups excluding carboxylic acids is 2. The first kappa shape index (κ1) is 17.7. The van der Waals surface area contributed by atoms with Crippen molar-refractivity contribution in [1.29, 1.82) is 0 Å². The number of carbonyl (C=O) groups is 2. The molecule has 0 saturated carbocycles. The molecule has 1 aromatic heterocycles. The molecule has 1 saturated heterocycles. The molecule has 2 heterocycles. The molecular weight excluding hydrogens is 332 g/mol. The van der Waals surface area contributed by atoms with E-state index in [2.05, 4.69) is 13.8 Å². The Balaban J connectivity index is 1.61. The summed E-state index contributed by atoms with van der Waals surface area (Å²) in [6.45, 7) is 8.59. The summed E-state index contributed by atoms with van der Waals surface area (Å²) in [5.74, 6) is 0.593. The van der Waals surface area contributed by atoms with E-state index in [1.165, 1.54) is 16.9 Å². The third-order valence-electron chi connectivity index (χ3n) is 4.73. The van der Waals surface area contributed by atoms with Crippen LogP contribution < -0.4 is 0 Å². The minimum Gasteiger partial charge on any atom is -0.335 e. The average molecular weight is 356 g/mol. The van der Waals surface area contributed by atoms with Gasteiger partial charge in [0.2, 0.25) is 0 Å². The Labute approximate surface area is 153 Å². The molecule has 25 heavy (non-hydrogen) atoms. The van der Waals surface area contributed by atoms with E-state index in [-0.39, 0.29) is 11.8 Å². The standard InChI is InChI=1S/C20H24N2O2S/c1-14(2)16-4-6-17(7-5-16)19(23)21-9-11-22(12-10-21)20(24)18-15(3)8-13-25-18/h4-8,13-14H,9-12H2,1-3H3. The summed E-state index contributed by atoms with van der Waals surface area (Å²) in [7, 11) is 0. The summed E-state index contributed by atoms with van der Waals surface area (Å²) in [6.07, 6.45) is 0. The molecule has 2 amide bonds. The Kier molecular flexibility index (Phi) is 5.23. The number of piperazine rings is 1. The fourth-order valence-electron chi connectivity index (χ4n) is 3.04. The number of amides is 2. The lowest BCUT2D eigenvalue weighted by atomic mass is 10.0. The van der Waals surface area contributed by atoms with Crippen LogP contribution in [0.1, 0.15) is 50.9 Å². The van der Waals surface area contributed by atoms with Crippen molar-refractivity contribution in [2.45, 2.75) is 26.7 Å². The average Bonchev–Trinajstić information content (AvgIpc) is 3.06. The molecule has 1 aliphatic rings. The second-order valence-electron chi connectivity index (χ2n) is 6.79. The number of hydrogen-bond donors (Lipinski definition) is 0. The van der Waals surface area contributed by atoms with Gasteiger partial charge in [-0.1, -0.05) is 26.0 Å². The van der Waals surface area contributed by atoms with Crippen molar-refractivity contribution in [2.24, 2.45) is 0 Å². The molecule has 3 rings (SSSR count). The lowest BCUT2D eigenvalue weighted by Gasteiger charge is -2.34. The molecule has 0 bridgehead atoms. The van der Waals surface area contributed by atoms with E-state index in [1.807, 2.05) is 52.4 Å². The van der Waals surface area contributed by atoms with Gasteiger partial charge in [-0.05, 0) is 47.5 Å². The molecular formula is C20H24N2O2S. The van der Waals surface area contributed by atoms with Crippen molar-refractivity contribution in [3.05, 3.63) is 57.3 Å². The predicted molar refractivity (Wildman–Crippen MR) is 101 cm³/mol. The van der Waals surface area contributed by atoms with Gasteiger partial charge in [-0.15, -0.1) is 11.3 Å². The molecule has 4 nitrogen and oxygen atoms in total. The summed E-state index contributed by atoms with van der Waals surface area (Å²) in [5.41, 5.74) is 2.98. The van der Waals surface area contributed by atoms with Crippen LogP contribution in [0.5, 0.6) is 0 Å². The maximum absolute atomic E-state index is 12.7. The fourth-order valence-corrected chi connectivity index (χ4v) is 3.93. The highest BCUT2D eigenvalue weighted by Crippen LogP contribution is 2.20. The Bertz CT molecular complexity index is 756. The van der Waals surface area contributed by atoms with Gasteiger partial charge >= 0.3 is 0 Å². The monoisotopic (exact) mass is 356 g/mol. The van der Waals surface area contributed by atoms with E-state index < -0.39 is 0 Å². The summed E-state index contributed by atoms with van der Waals surface area (Å²) in [6, 6.07) is 9.83. The third-order valence-corrected chi connectivity index (χ3v) is 5.74. The zero-order valence-electron chi connectivity index (χ0n) is 15.0. The van der Waals surface area contributed by atoms with Gasteiger partial charge in [0, 0.05) is 31.7 Å². The minimum atomic E-state index is 0.0507. The number of nitrogens with zero attached hydrogens (tertiary/aromatic N) is 2. The van der Waals surface area contributed by atoms with Gasteiger partial charge in [0.05, 0.1) is 4.88 Å². The SMILES string of the molecule is Cc1ccsc1C(=O)N1CCN(C(=O)c2ccc(C(C)C)cc2)CC1. The molecule has 0 radical (unpaired) electrons. The molecule has 1 aliphatic heterocycles. The van der Waals surface area contributed by atoms with E-state index in [0.717, 1.165) is 16.0 Å². The van der Waals surface area contributed by atoms with Gasteiger partial charge in [0.1, 0.15) is 0 Å². The maximum atomic E-state index is 12.7. The highest BCUT2D eigenvalue weighted by Gasteiger charge is 2.26. The van der Waals surface area contributed by atoms with Crippen LogP contribution in [0.25, 0.3) is 0 Å². The largest absolute Gasteiger partial charge is 0.335 e. The van der Waals surface area contributed by atoms with Gasteiger partial charge in [0.15, 0.2) is 0 Å². The Morgan fingerprint density at radius 3 is 1.96 bits per heavy atom. The zero-order chi connectivity index (χ0) is 18.0. The molecule has 0 aliphatic carbocycles. The van der Waals surface area contributed by atoms with E-state index in [1.54, 1.807) is 0 Å². The van der Waals surface area contributed by atoms with Gasteiger partial charge in [-0.3, -0.25) is 9.59 Å². The first-order valence-electron chi connectivity index (χ1n) is 8.70. The van der Waals surface area contributed by atoms with Crippen molar-refractivity contribution in [3.8, 4) is 0 Å². The first-order valence-corrected chi connectivity index (χ1v) is 9.58. The van der Waals surface area contributed by atoms with Gasteiger partial charge in [-0.2, -0.15) is 0 Å². The maximum Gasteiger partial charge on any atom is 0.264 e. The van der Waals surface area contributed by atoms with Gasteiger partial charge in [-0.25, -0.2) is 0 Å². The summed E-state index contributed by atoms with van der Waals surface area (Å²) < 4.78 is 0. The molecule has 2 aromatic rings. The molecule has 0 atom stereocenters. The number of thiophene rings is 1. The molecule has 0 unspecified atom stereocenters. The summed E-state index contributed by atoms with van der Waals surface area (Å²) >= 11 is 1.49. The van der Waals surface area contributed by atoms with Crippen LogP contribution >= 0.6 is 11.3 Å². The number of benzene rings is 1. The van der Waals surface area contributed by atoms with E-state index in [0.29, 0.717) is 32.1 Å². The van der Waals surface area contributed by atoms with Crippen molar-refractivity contribution in [2.75, 3.05) is 26.2 Å². The van der Waals surface area contributed by atoms with Gasteiger partial charge < -0.3 is 9.80 Å². The highest BCUT2D eigenvalue weighted by atomic mass is 32.1. The van der Waals surface area contributed by atoms with Crippen LogP contribution in [0.2, 0.25) is 0 Å². The molecule has 0 spiro atoms. The summed E-state index contributed by atoms with van der Waals surface area (Å²) in [4.78, 5) is 29.7. The lowest BCUT2D eigenvalue weighted by Crippen LogP contribution is -2.50. The minimum absolute atomic E-state index is 0.0507. The van der Waals surface area contributed by atoms with Crippen LogP contribution in [-0.4, -0.2) is 47.8 Å². The zero-order valence-corrected chi connectivity index (χ0v) is 15.8. The molecule has 0 N–H and O–H groups in total. The number of aryl methyl sites for hydroxylation is 1. The van der Waals surface area contributed by atoms with E-state index in [9.17, 15) is 9.59 Å². The predicted octanol–water partition coefficient (Wildman–Crippen LogP) is 3.78. The van der Waals surface area contributed by atoms with Crippen molar-refractivity contribution < 1.29 is 9.59 Å². The third kappa shape index (κ3) is 3.76.